The second-order valence-corrected chi connectivity index (χ2v) is 10.1. The van der Waals surface area contributed by atoms with Crippen LogP contribution in [0.2, 0.25) is 0 Å². The molecule has 0 amide bonds. The molecule has 0 saturated heterocycles. The fourth-order valence-electron chi connectivity index (χ4n) is 1.82. The van der Waals surface area contributed by atoms with E-state index in [0.717, 1.165) is 17.9 Å². The van der Waals surface area contributed by atoms with E-state index in [0.29, 0.717) is 13.2 Å². The van der Waals surface area contributed by atoms with Crippen LogP contribution in [0.4, 0.5) is 0 Å². The molecule has 0 aliphatic carbocycles. The Kier molecular flexibility index (Phi) is 7.38. The molecule has 0 N–H and O–H groups in total. The van der Waals surface area contributed by atoms with Gasteiger partial charge in [-0.2, -0.15) is 0 Å². The predicted octanol–water partition coefficient (Wildman–Crippen LogP) is -3.43. The van der Waals surface area contributed by atoms with Gasteiger partial charge < -0.3 is 0 Å². The third-order valence-corrected chi connectivity index (χ3v) is 6.27. The Balaban J connectivity index is 1.75. The molecule has 4 atom stereocenters. The van der Waals surface area contributed by atoms with Crippen LogP contribution in [0.1, 0.15) is 6.42 Å². The molecule has 0 heterocycles. The first-order valence-corrected chi connectivity index (χ1v) is 11.5. The van der Waals surface area contributed by atoms with Gasteiger partial charge in [0.05, 0.1) is 0 Å². The summed E-state index contributed by atoms with van der Waals surface area (Å²) in [5.74, 6) is 2.02. The van der Waals surface area contributed by atoms with Crippen LogP contribution in [0.25, 0.3) is 0 Å². The summed E-state index contributed by atoms with van der Waals surface area (Å²) in [4.78, 5) is 0. The Morgan fingerprint density at radius 2 is 1.10 bits per heavy atom. The first-order valence-electron chi connectivity index (χ1n) is 6.62. The van der Waals surface area contributed by atoms with E-state index in [-0.39, 0.29) is 0 Å². The number of benzene rings is 2. The summed E-state index contributed by atoms with van der Waals surface area (Å²) in [5, 5.41) is 0. The van der Waals surface area contributed by atoms with E-state index < -0.39 is 0 Å². The van der Waals surface area contributed by atoms with Gasteiger partial charge in [-0.3, -0.25) is 0 Å². The summed E-state index contributed by atoms with van der Waals surface area (Å²) in [6.07, 6.45) is 0.897. The van der Waals surface area contributed by atoms with E-state index >= 15 is 0 Å². The molecule has 0 spiro atoms. The van der Waals surface area contributed by atoms with Crippen molar-refractivity contribution in [3.63, 3.8) is 0 Å². The summed E-state index contributed by atoms with van der Waals surface area (Å²) >= 11 is 6.53. The second kappa shape index (κ2) is 8.79. The Bertz CT molecular complexity index is 563. The Hall–Kier alpha value is 0.274. The number of hydrogen-bond acceptors (Lipinski definition) is 2. The Morgan fingerprint density at radius 3 is 1.48 bits per heavy atom. The molecule has 0 aliphatic heterocycles. The third-order valence-electron chi connectivity index (χ3n) is 2.87. The average molecular weight is 532 g/mol. The summed E-state index contributed by atoms with van der Waals surface area (Å²) in [6, 6.07) is 12.8. The van der Waals surface area contributed by atoms with Crippen molar-refractivity contribution < 1.29 is 9.47 Å². The fourth-order valence-corrected chi connectivity index (χ4v) is 6.23. The molecule has 2 aromatic carbocycles. The van der Waals surface area contributed by atoms with Gasteiger partial charge in [-0.15, -0.1) is 0 Å². The van der Waals surface area contributed by atoms with Crippen LogP contribution in [0.15, 0.2) is 36.4 Å². The second-order valence-electron chi connectivity index (χ2n) is 4.65. The molecule has 0 bridgehead atoms. The van der Waals surface area contributed by atoms with E-state index in [1.54, 1.807) is 67.4 Å². The van der Waals surface area contributed by atoms with Crippen LogP contribution in [-0.2, 0) is 0 Å². The number of rotatable bonds is 6. The van der Waals surface area contributed by atoms with Gasteiger partial charge in [0.25, 0.3) is 0 Å². The topological polar surface area (TPSA) is 18.5 Å². The summed E-state index contributed by atoms with van der Waals surface area (Å²) in [5.41, 5.74) is 0. The zero-order valence-electron chi connectivity index (χ0n) is 11.7. The zero-order valence-corrected chi connectivity index (χ0v) is 21.4. The van der Waals surface area contributed by atoms with Crippen LogP contribution >= 0.6 is 0 Å². The van der Waals surface area contributed by atoms with Crippen LogP contribution in [0.3, 0.4) is 0 Å². The average Bonchev–Trinajstić information content (AvgIpc) is 2.42. The van der Waals surface area contributed by atoms with Gasteiger partial charge in [0.15, 0.2) is 0 Å². The van der Waals surface area contributed by atoms with Crippen LogP contribution in [-0.4, -0.2) is 80.6 Å². The minimum absolute atomic E-state index is 0.699. The van der Waals surface area contributed by atoms with Gasteiger partial charge in [0, 0.05) is 0 Å². The molecular formula is C15H20As4O2. The molecule has 112 valence electrons. The molecule has 0 aliphatic rings. The monoisotopic (exact) mass is 532 g/mol. The van der Waals surface area contributed by atoms with Gasteiger partial charge in [0.2, 0.25) is 0 Å². The predicted molar refractivity (Wildman–Crippen MR) is 101 cm³/mol. The maximum absolute atomic E-state index is 5.83. The molecule has 4 unspecified atom stereocenters. The SMILES string of the molecule is [AsH2]c1ccc(OCCCOc2ccc([AsH2])cc2[AsH2])c([AsH2])c1. The summed E-state index contributed by atoms with van der Waals surface area (Å²) in [6.45, 7) is 1.40. The van der Waals surface area contributed by atoms with Crippen molar-refractivity contribution in [3.05, 3.63) is 36.4 Å². The molecule has 0 aromatic heterocycles. The van der Waals surface area contributed by atoms with Crippen molar-refractivity contribution in [2.45, 2.75) is 6.42 Å². The third kappa shape index (κ3) is 5.76. The van der Waals surface area contributed by atoms with Gasteiger partial charge in [-0.1, -0.05) is 0 Å². The molecular weight excluding hydrogens is 512 g/mol. The van der Waals surface area contributed by atoms with Crippen LogP contribution in [0, 0.1) is 0 Å². The van der Waals surface area contributed by atoms with Crippen molar-refractivity contribution >= 4 is 84.8 Å². The molecule has 6 heteroatoms. The van der Waals surface area contributed by atoms with E-state index in [2.05, 4.69) is 36.4 Å². The molecule has 0 saturated carbocycles. The van der Waals surface area contributed by atoms with E-state index in [4.69, 9.17) is 9.47 Å². The fraction of sp³-hybridized carbons (Fsp3) is 0.200. The molecule has 2 rings (SSSR count). The van der Waals surface area contributed by atoms with E-state index in [1.165, 1.54) is 17.4 Å². The van der Waals surface area contributed by atoms with E-state index in [1.807, 2.05) is 0 Å². The Labute approximate surface area is 160 Å². The van der Waals surface area contributed by atoms with Crippen molar-refractivity contribution in [2.24, 2.45) is 0 Å². The number of ether oxygens (including phenoxy) is 2. The molecule has 0 fully saturated rings. The summed E-state index contributed by atoms with van der Waals surface area (Å²) < 4.78 is 16.9. The van der Waals surface area contributed by atoms with Crippen LogP contribution in [0.5, 0.6) is 11.5 Å². The van der Waals surface area contributed by atoms with Gasteiger partial charge in [-0.05, 0) is 0 Å². The quantitative estimate of drug-likeness (QED) is 0.285. The maximum atomic E-state index is 5.83. The molecule has 2 nitrogen and oxygen atoms in total. The van der Waals surface area contributed by atoms with Gasteiger partial charge in [0.1, 0.15) is 0 Å². The van der Waals surface area contributed by atoms with Gasteiger partial charge >= 0.3 is 162 Å². The molecule has 2 aromatic rings. The first kappa shape index (κ1) is 17.6. The first-order chi connectivity index (χ1) is 10.1. The van der Waals surface area contributed by atoms with Crippen LogP contribution < -0.4 is 26.9 Å². The Morgan fingerprint density at radius 1 is 0.667 bits per heavy atom. The van der Waals surface area contributed by atoms with Crippen molar-refractivity contribution in [3.8, 4) is 11.5 Å². The van der Waals surface area contributed by atoms with Gasteiger partial charge in [-0.25, -0.2) is 0 Å². The number of hydrogen-bond donors (Lipinski definition) is 0. The van der Waals surface area contributed by atoms with Crippen molar-refractivity contribution in [1.82, 2.24) is 0 Å². The molecule has 21 heavy (non-hydrogen) atoms. The zero-order chi connectivity index (χ0) is 15.2. The van der Waals surface area contributed by atoms with E-state index in [9.17, 15) is 0 Å². The normalized spacial score (nSPS) is 10.5. The van der Waals surface area contributed by atoms with Crippen molar-refractivity contribution in [1.29, 1.82) is 0 Å². The molecule has 0 radical (unpaired) electrons. The standard InChI is InChI=1S/C15H20As4O2/c16-10-2-4-14(12(18)8-10)20-6-1-7-21-15-5-3-11(17)9-13(15)19/h2-5,8-9H,1,6-7,16-19H2. The summed E-state index contributed by atoms with van der Waals surface area (Å²) in [7, 11) is 0. The minimum atomic E-state index is 0.699. The van der Waals surface area contributed by atoms with Crippen molar-refractivity contribution in [2.75, 3.05) is 13.2 Å².